The maximum absolute atomic E-state index is 13.1. The van der Waals surface area contributed by atoms with Crippen LogP contribution >= 0.6 is 0 Å². The molecule has 0 radical (unpaired) electrons. The lowest BCUT2D eigenvalue weighted by Crippen LogP contribution is -2.67. The summed E-state index contributed by atoms with van der Waals surface area (Å²) in [7, 11) is 2.84. The first-order chi connectivity index (χ1) is 13.3. The highest BCUT2D eigenvalue weighted by Crippen LogP contribution is 2.35. The van der Waals surface area contributed by atoms with Gasteiger partial charge in [-0.3, -0.25) is 9.59 Å². The smallest absolute Gasteiger partial charge is 0.328 e. The third kappa shape index (κ3) is 4.62. The number of rotatable bonds is 8. The van der Waals surface area contributed by atoms with E-state index in [4.69, 9.17) is 14.6 Å². The minimum absolute atomic E-state index is 0.152. The topological polar surface area (TPSA) is 105 Å². The van der Waals surface area contributed by atoms with Crippen molar-refractivity contribution in [3.8, 4) is 5.75 Å². The number of aliphatic hydroxyl groups is 1. The monoisotopic (exact) mass is 392 g/mol. The summed E-state index contributed by atoms with van der Waals surface area (Å²) in [6.45, 7) is 3.37. The van der Waals surface area contributed by atoms with Crippen molar-refractivity contribution in [2.45, 2.75) is 26.3 Å². The number of carbonyl (C=O) groups excluding carboxylic acids is 3. The molecule has 0 unspecified atom stereocenters. The van der Waals surface area contributed by atoms with Gasteiger partial charge in [0.25, 0.3) is 0 Å². The predicted molar refractivity (Wildman–Crippen MR) is 102 cm³/mol. The Morgan fingerprint density at radius 3 is 2.46 bits per heavy atom. The van der Waals surface area contributed by atoms with Crippen molar-refractivity contribution in [3.05, 3.63) is 29.8 Å². The summed E-state index contributed by atoms with van der Waals surface area (Å²) in [5.74, 6) is -0.739. The van der Waals surface area contributed by atoms with E-state index in [9.17, 15) is 14.4 Å². The van der Waals surface area contributed by atoms with Crippen molar-refractivity contribution in [2.24, 2.45) is 11.3 Å². The summed E-state index contributed by atoms with van der Waals surface area (Å²) in [4.78, 5) is 38.4. The van der Waals surface area contributed by atoms with Crippen molar-refractivity contribution in [2.75, 3.05) is 33.9 Å². The van der Waals surface area contributed by atoms with Gasteiger partial charge in [0, 0.05) is 13.1 Å². The van der Waals surface area contributed by atoms with Crippen molar-refractivity contribution in [1.82, 2.24) is 10.2 Å². The third-order valence-electron chi connectivity index (χ3n) is 5.04. The van der Waals surface area contributed by atoms with Crippen LogP contribution in [-0.4, -0.2) is 67.7 Å². The third-order valence-corrected chi connectivity index (χ3v) is 5.04. The SMILES string of the molecule is COC(=O)[C@@H](NC(=O)C1(Cc2cccc(OC)c2)CN(C(=O)CO)C1)C(C)C. The Morgan fingerprint density at radius 2 is 1.93 bits per heavy atom. The van der Waals surface area contributed by atoms with Crippen LogP contribution in [0.5, 0.6) is 5.75 Å². The molecule has 2 N–H and O–H groups in total. The Morgan fingerprint density at radius 1 is 1.25 bits per heavy atom. The van der Waals surface area contributed by atoms with E-state index < -0.39 is 29.9 Å². The molecule has 0 bridgehead atoms. The van der Waals surface area contributed by atoms with Crippen LogP contribution in [0.1, 0.15) is 19.4 Å². The van der Waals surface area contributed by atoms with E-state index in [-0.39, 0.29) is 24.9 Å². The minimum Gasteiger partial charge on any atom is -0.497 e. The molecule has 154 valence electrons. The Labute approximate surface area is 164 Å². The van der Waals surface area contributed by atoms with E-state index >= 15 is 0 Å². The van der Waals surface area contributed by atoms with Crippen molar-refractivity contribution >= 4 is 17.8 Å². The lowest BCUT2D eigenvalue weighted by molar-refractivity contribution is -0.158. The van der Waals surface area contributed by atoms with E-state index in [1.165, 1.54) is 12.0 Å². The van der Waals surface area contributed by atoms with Crippen LogP contribution in [-0.2, 0) is 25.5 Å². The molecular weight excluding hydrogens is 364 g/mol. The normalized spacial score (nSPS) is 16.1. The summed E-state index contributed by atoms with van der Waals surface area (Å²) in [5.41, 5.74) is -0.0111. The van der Waals surface area contributed by atoms with Gasteiger partial charge in [0.1, 0.15) is 18.4 Å². The first-order valence-corrected chi connectivity index (χ1v) is 9.16. The quantitative estimate of drug-likeness (QED) is 0.620. The van der Waals surface area contributed by atoms with Crippen molar-refractivity contribution in [3.63, 3.8) is 0 Å². The molecule has 1 saturated heterocycles. The second-order valence-electron chi connectivity index (χ2n) is 7.43. The van der Waals surface area contributed by atoms with Crippen molar-refractivity contribution < 1.29 is 29.0 Å². The number of likely N-dealkylation sites (tertiary alicyclic amines) is 1. The van der Waals surface area contributed by atoms with Gasteiger partial charge in [-0.25, -0.2) is 4.79 Å². The zero-order chi connectivity index (χ0) is 20.9. The number of nitrogens with one attached hydrogen (secondary N) is 1. The summed E-state index contributed by atoms with van der Waals surface area (Å²) in [6, 6.07) is 6.59. The van der Waals surface area contributed by atoms with Crippen LogP contribution in [0.4, 0.5) is 0 Å². The fourth-order valence-electron chi connectivity index (χ4n) is 3.39. The van der Waals surface area contributed by atoms with E-state index in [1.807, 2.05) is 38.1 Å². The summed E-state index contributed by atoms with van der Waals surface area (Å²) in [6.07, 6.45) is 0.372. The van der Waals surface area contributed by atoms with E-state index in [0.717, 1.165) is 5.56 Å². The lowest BCUT2D eigenvalue weighted by atomic mass is 9.73. The zero-order valence-corrected chi connectivity index (χ0v) is 16.7. The molecule has 0 aromatic heterocycles. The molecule has 8 nitrogen and oxygen atoms in total. The number of amides is 2. The standard InChI is InChI=1S/C20H28N2O6/c1-13(2)17(18(25)28-4)21-19(26)20(11-22(12-20)16(24)10-23)9-14-6-5-7-15(8-14)27-3/h5-8,13,17,23H,9-12H2,1-4H3,(H,21,26)/t17-/m0/s1. The highest BCUT2D eigenvalue weighted by Gasteiger charge is 2.51. The molecule has 28 heavy (non-hydrogen) atoms. The molecule has 1 aliphatic rings. The number of methoxy groups -OCH3 is 2. The summed E-state index contributed by atoms with van der Waals surface area (Å²) >= 11 is 0. The van der Waals surface area contributed by atoms with E-state index in [0.29, 0.717) is 12.2 Å². The highest BCUT2D eigenvalue weighted by atomic mass is 16.5. The van der Waals surface area contributed by atoms with Crippen LogP contribution in [0.25, 0.3) is 0 Å². The predicted octanol–water partition coefficient (Wildman–Crippen LogP) is 0.372. The van der Waals surface area contributed by atoms with Gasteiger partial charge in [0.05, 0.1) is 19.6 Å². The second kappa shape index (κ2) is 9.05. The Kier molecular flexibility index (Phi) is 7.01. The number of carbonyl (C=O) groups is 3. The van der Waals surface area contributed by atoms with Crippen LogP contribution in [0.3, 0.4) is 0 Å². The molecule has 1 atom stereocenters. The Bertz CT molecular complexity index is 727. The van der Waals surface area contributed by atoms with Gasteiger partial charge in [0.15, 0.2) is 0 Å². The fourth-order valence-corrected chi connectivity index (χ4v) is 3.39. The molecule has 2 amide bonds. The van der Waals surface area contributed by atoms with Gasteiger partial charge < -0.3 is 24.8 Å². The first-order valence-electron chi connectivity index (χ1n) is 9.16. The first kappa shape index (κ1) is 21.7. The van der Waals surface area contributed by atoms with E-state index in [1.54, 1.807) is 7.11 Å². The highest BCUT2D eigenvalue weighted by molar-refractivity contribution is 5.91. The molecule has 0 spiro atoms. The fraction of sp³-hybridized carbons (Fsp3) is 0.550. The number of benzene rings is 1. The van der Waals surface area contributed by atoms with E-state index in [2.05, 4.69) is 5.32 Å². The van der Waals surface area contributed by atoms with Gasteiger partial charge in [-0.1, -0.05) is 26.0 Å². The van der Waals surface area contributed by atoms with Gasteiger partial charge in [-0.2, -0.15) is 0 Å². The van der Waals surface area contributed by atoms with Crippen molar-refractivity contribution in [1.29, 1.82) is 0 Å². The van der Waals surface area contributed by atoms with Crippen LogP contribution < -0.4 is 10.1 Å². The number of esters is 1. The maximum atomic E-state index is 13.1. The maximum Gasteiger partial charge on any atom is 0.328 e. The molecule has 1 heterocycles. The van der Waals surface area contributed by atoms with Crippen LogP contribution in [0.2, 0.25) is 0 Å². The number of nitrogens with zero attached hydrogens (tertiary/aromatic N) is 1. The largest absolute Gasteiger partial charge is 0.497 e. The Balaban J connectivity index is 2.24. The molecule has 0 saturated carbocycles. The molecule has 1 aromatic carbocycles. The average Bonchev–Trinajstić information content (AvgIpc) is 2.66. The second-order valence-corrected chi connectivity index (χ2v) is 7.43. The number of ether oxygens (including phenoxy) is 2. The number of hydrogen-bond acceptors (Lipinski definition) is 6. The lowest BCUT2D eigenvalue weighted by Gasteiger charge is -2.49. The molecule has 1 aliphatic heterocycles. The minimum atomic E-state index is -0.891. The van der Waals surface area contributed by atoms with Crippen LogP contribution in [0, 0.1) is 11.3 Å². The Hall–Kier alpha value is -2.61. The van der Waals surface area contributed by atoms with Gasteiger partial charge in [-0.05, 0) is 30.0 Å². The van der Waals surface area contributed by atoms with Gasteiger partial charge >= 0.3 is 5.97 Å². The van der Waals surface area contributed by atoms with Gasteiger partial charge in [0.2, 0.25) is 11.8 Å². The van der Waals surface area contributed by atoms with Crippen LogP contribution in [0.15, 0.2) is 24.3 Å². The molecule has 1 fully saturated rings. The van der Waals surface area contributed by atoms with Gasteiger partial charge in [-0.15, -0.1) is 0 Å². The summed E-state index contributed by atoms with van der Waals surface area (Å²) in [5, 5.41) is 11.9. The average molecular weight is 392 g/mol. The molecule has 2 rings (SSSR count). The molecule has 0 aliphatic carbocycles. The number of hydrogen-bond donors (Lipinski definition) is 2. The molecule has 8 heteroatoms. The number of aliphatic hydroxyl groups excluding tert-OH is 1. The summed E-state index contributed by atoms with van der Waals surface area (Å²) < 4.78 is 10.0. The zero-order valence-electron chi connectivity index (χ0n) is 16.7. The molecular formula is C20H28N2O6. The molecule has 1 aromatic rings.